The Labute approximate surface area is 226 Å². The summed E-state index contributed by atoms with van der Waals surface area (Å²) in [5.74, 6) is -3.43. The molecule has 0 radical (unpaired) electrons. The van der Waals surface area contributed by atoms with E-state index in [1.807, 2.05) is 6.26 Å². The first-order valence-electron chi connectivity index (χ1n) is 12.3. The quantitative estimate of drug-likeness (QED) is 0.0388. The molecule has 4 amide bonds. The molecule has 0 aromatic rings. The Bertz CT molecular complexity index is 810. The Morgan fingerprint density at radius 1 is 0.816 bits per heavy atom. The average Bonchev–Trinajstić information content (AvgIpc) is 2.85. The highest BCUT2D eigenvalue weighted by Gasteiger charge is 2.30. The SMILES string of the molecule is CSCCC(NC(=O)C(CCCCN)NC(=O)C(CCCN=C(N)N)NC(=O)C(N)CCC(N)=O)C(=O)O. The van der Waals surface area contributed by atoms with Gasteiger partial charge >= 0.3 is 5.97 Å². The van der Waals surface area contributed by atoms with Gasteiger partial charge < -0.3 is 49.7 Å². The minimum absolute atomic E-state index is 0.0136. The number of hydrogen-bond donors (Lipinski definition) is 9. The second-order valence-corrected chi connectivity index (χ2v) is 9.63. The fourth-order valence-electron chi connectivity index (χ4n) is 3.28. The van der Waals surface area contributed by atoms with Crippen LogP contribution in [0.3, 0.4) is 0 Å². The van der Waals surface area contributed by atoms with Crippen LogP contribution in [-0.2, 0) is 24.0 Å². The van der Waals surface area contributed by atoms with E-state index in [4.69, 9.17) is 28.7 Å². The minimum atomic E-state index is -1.19. The van der Waals surface area contributed by atoms with Gasteiger partial charge in [0.15, 0.2) is 5.96 Å². The predicted molar refractivity (Wildman–Crippen MR) is 146 cm³/mol. The predicted octanol–water partition coefficient (Wildman–Crippen LogP) is -2.95. The van der Waals surface area contributed by atoms with Crippen molar-refractivity contribution >= 4 is 47.3 Å². The van der Waals surface area contributed by atoms with Crippen molar-refractivity contribution in [3.63, 3.8) is 0 Å². The van der Waals surface area contributed by atoms with Gasteiger partial charge in [-0.25, -0.2) is 4.79 Å². The molecular formula is C22H43N9O6S. The number of nitrogens with one attached hydrogen (secondary N) is 3. The molecule has 218 valence electrons. The van der Waals surface area contributed by atoms with Crippen molar-refractivity contribution in [3.05, 3.63) is 0 Å². The average molecular weight is 562 g/mol. The van der Waals surface area contributed by atoms with Gasteiger partial charge in [-0.1, -0.05) is 0 Å². The number of amides is 4. The summed E-state index contributed by atoms with van der Waals surface area (Å²) in [4.78, 5) is 65.2. The number of guanidine groups is 1. The van der Waals surface area contributed by atoms with Gasteiger partial charge in [0.05, 0.1) is 6.04 Å². The summed E-state index contributed by atoms with van der Waals surface area (Å²) in [6.07, 6.45) is 3.61. The molecule has 0 aliphatic carbocycles. The standard InChI is InChI=1S/C22H43N9O6S/c1-38-12-9-16(21(36)37)31-20(35)14(5-2-3-10-23)30-19(34)15(6-4-11-28-22(26)27)29-18(33)13(24)7-8-17(25)32/h13-16H,2-12,23-24H2,1H3,(H2,25,32)(H,29,33)(H,30,34)(H,31,35)(H,36,37)(H4,26,27,28). The van der Waals surface area contributed by atoms with Gasteiger partial charge in [0, 0.05) is 13.0 Å². The van der Waals surface area contributed by atoms with Gasteiger partial charge in [-0.05, 0) is 63.5 Å². The first-order valence-corrected chi connectivity index (χ1v) is 13.7. The van der Waals surface area contributed by atoms with Crippen LogP contribution in [0.4, 0.5) is 0 Å². The summed E-state index contributed by atoms with van der Waals surface area (Å²) in [5.41, 5.74) is 27.1. The van der Waals surface area contributed by atoms with Crippen molar-refractivity contribution < 1.29 is 29.1 Å². The normalized spacial score (nSPS) is 13.9. The monoisotopic (exact) mass is 561 g/mol. The fraction of sp³-hybridized carbons (Fsp3) is 0.727. The van der Waals surface area contributed by atoms with Crippen molar-refractivity contribution in [3.8, 4) is 0 Å². The number of aliphatic carboxylic acids is 1. The molecule has 0 bridgehead atoms. The smallest absolute Gasteiger partial charge is 0.326 e. The molecule has 0 spiro atoms. The molecule has 0 aliphatic rings. The number of carboxylic acids is 1. The van der Waals surface area contributed by atoms with Crippen LogP contribution in [0.5, 0.6) is 0 Å². The molecule has 0 saturated heterocycles. The minimum Gasteiger partial charge on any atom is -0.480 e. The Hall–Kier alpha value is -3.11. The number of carboxylic acid groups (broad SMARTS) is 1. The van der Waals surface area contributed by atoms with Crippen LogP contribution in [0.15, 0.2) is 4.99 Å². The maximum Gasteiger partial charge on any atom is 0.326 e. The van der Waals surface area contributed by atoms with Gasteiger partial charge in [-0.15, -0.1) is 0 Å². The molecule has 0 fully saturated rings. The molecule has 0 aromatic heterocycles. The number of carbonyl (C=O) groups is 5. The van der Waals surface area contributed by atoms with Crippen LogP contribution in [-0.4, -0.2) is 89.9 Å². The van der Waals surface area contributed by atoms with Crippen LogP contribution in [0.25, 0.3) is 0 Å². The number of rotatable bonds is 21. The lowest BCUT2D eigenvalue weighted by Crippen LogP contribution is -2.57. The van der Waals surface area contributed by atoms with Crippen molar-refractivity contribution in [2.24, 2.45) is 33.7 Å². The van der Waals surface area contributed by atoms with Crippen LogP contribution in [0, 0.1) is 0 Å². The molecule has 4 unspecified atom stereocenters. The zero-order valence-corrected chi connectivity index (χ0v) is 22.6. The largest absolute Gasteiger partial charge is 0.480 e. The van der Waals surface area contributed by atoms with Gasteiger partial charge in [0.1, 0.15) is 18.1 Å². The molecule has 0 saturated carbocycles. The van der Waals surface area contributed by atoms with E-state index in [0.717, 1.165) is 0 Å². The first kappa shape index (κ1) is 34.9. The van der Waals surface area contributed by atoms with E-state index in [-0.39, 0.29) is 44.6 Å². The van der Waals surface area contributed by atoms with E-state index in [1.54, 1.807) is 0 Å². The van der Waals surface area contributed by atoms with E-state index >= 15 is 0 Å². The third-order valence-electron chi connectivity index (χ3n) is 5.42. The van der Waals surface area contributed by atoms with Crippen LogP contribution in [0.1, 0.15) is 51.4 Å². The molecule has 38 heavy (non-hydrogen) atoms. The lowest BCUT2D eigenvalue weighted by molar-refractivity contribution is -0.142. The third kappa shape index (κ3) is 15.9. The van der Waals surface area contributed by atoms with E-state index in [9.17, 15) is 29.1 Å². The van der Waals surface area contributed by atoms with Crippen molar-refractivity contribution in [1.82, 2.24) is 16.0 Å². The van der Waals surface area contributed by atoms with Crippen molar-refractivity contribution in [1.29, 1.82) is 0 Å². The van der Waals surface area contributed by atoms with Crippen molar-refractivity contribution in [2.45, 2.75) is 75.5 Å². The number of nitrogens with two attached hydrogens (primary N) is 5. The maximum absolute atomic E-state index is 13.2. The van der Waals surface area contributed by atoms with Gasteiger partial charge in [0.25, 0.3) is 0 Å². The Morgan fingerprint density at radius 3 is 1.87 bits per heavy atom. The second-order valence-electron chi connectivity index (χ2n) is 8.65. The summed E-state index contributed by atoms with van der Waals surface area (Å²) < 4.78 is 0. The topological polar surface area (TPSA) is 284 Å². The van der Waals surface area contributed by atoms with Crippen molar-refractivity contribution in [2.75, 3.05) is 25.1 Å². The summed E-state index contributed by atoms with van der Waals surface area (Å²) in [6, 6.07) is -4.38. The Balaban J connectivity index is 5.60. The van der Waals surface area contributed by atoms with E-state index in [1.165, 1.54) is 11.8 Å². The highest BCUT2D eigenvalue weighted by atomic mass is 32.2. The zero-order valence-electron chi connectivity index (χ0n) is 21.8. The summed E-state index contributed by atoms with van der Waals surface area (Å²) in [7, 11) is 0. The molecular weight excluding hydrogens is 518 g/mol. The Morgan fingerprint density at radius 2 is 1.37 bits per heavy atom. The number of carbonyl (C=O) groups excluding carboxylic acids is 4. The molecule has 0 aliphatic heterocycles. The zero-order chi connectivity index (χ0) is 29.1. The first-order chi connectivity index (χ1) is 17.9. The number of aliphatic imine (C=N–C) groups is 1. The van der Waals surface area contributed by atoms with Crippen LogP contribution in [0.2, 0.25) is 0 Å². The molecule has 0 rings (SSSR count). The van der Waals surface area contributed by atoms with E-state index < -0.39 is 53.8 Å². The Kier molecular flexibility index (Phi) is 18.3. The van der Waals surface area contributed by atoms with Gasteiger partial charge in [-0.3, -0.25) is 24.2 Å². The summed E-state index contributed by atoms with van der Waals surface area (Å²) in [5, 5.41) is 17.1. The number of primary amides is 1. The number of thioether (sulfide) groups is 1. The van der Waals surface area contributed by atoms with Crippen LogP contribution < -0.4 is 44.6 Å². The highest BCUT2D eigenvalue weighted by Crippen LogP contribution is 2.07. The molecule has 0 heterocycles. The highest BCUT2D eigenvalue weighted by molar-refractivity contribution is 7.98. The fourth-order valence-corrected chi connectivity index (χ4v) is 3.75. The van der Waals surface area contributed by atoms with Gasteiger partial charge in [-0.2, -0.15) is 11.8 Å². The molecule has 15 nitrogen and oxygen atoms in total. The van der Waals surface area contributed by atoms with Crippen LogP contribution >= 0.6 is 11.8 Å². The summed E-state index contributed by atoms with van der Waals surface area (Å²) in [6.45, 7) is 0.562. The van der Waals surface area contributed by atoms with Gasteiger partial charge in [0.2, 0.25) is 23.6 Å². The number of nitrogens with zero attached hydrogens (tertiary/aromatic N) is 1. The molecule has 0 aromatic carbocycles. The van der Waals surface area contributed by atoms with E-state index in [0.29, 0.717) is 31.6 Å². The lowest BCUT2D eigenvalue weighted by Gasteiger charge is -2.25. The lowest BCUT2D eigenvalue weighted by atomic mass is 10.0. The summed E-state index contributed by atoms with van der Waals surface area (Å²) >= 11 is 1.44. The third-order valence-corrected chi connectivity index (χ3v) is 6.07. The molecule has 16 heteroatoms. The second kappa shape index (κ2) is 19.9. The molecule has 14 N–H and O–H groups in total. The maximum atomic E-state index is 13.2. The number of unbranched alkanes of at least 4 members (excludes halogenated alkanes) is 1. The number of hydrogen-bond acceptors (Lipinski definition) is 9. The molecule has 4 atom stereocenters. The van der Waals surface area contributed by atoms with E-state index in [2.05, 4.69) is 20.9 Å².